The maximum Gasteiger partial charge on any atom is 0.0552 e. The van der Waals surface area contributed by atoms with Gasteiger partial charge in [-0.15, -0.1) is 0 Å². The van der Waals surface area contributed by atoms with Crippen LogP contribution in [0.1, 0.15) is 48.4 Å². The first-order valence-electron chi connectivity index (χ1n) is 11.7. The van der Waals surface area contributed by atoms with Gasteiger partial charge < -0.3 is 15.3 Å². The molecule has 1 aliphatic heterocycles. The van der Waals surface area contributed by atoms with Gasteiger partial charge in [-0.05, 0) is 84.7 Å². The molecule has 3 aromatic rings. The monoisotopic (exact) mass is 460 g/mol. The zero-order valence-electron chi connectivity index (χ0n) is 19.7. The molecule has 172 valence electrons. The van der Waals surface area contributed by atoms with E-state index in [1.165, 1.54) is 33.6 Å². The Hall–Kier alpha value is -2.75. The zero-order valence-corrected chi connectivity index (χ0v) is 20.4. The second-order valence-electron chi connectivity index (χ2n) is 9.11. The first-order valence-corrected chi connectivity index (χ1v) is 12.1. The van der Waals surface area contributed by atoms with Gasteiger partial charge in [-0.25, -0.2) is 0 Å². The highest BCUT2D eigenvalue weighted by Gasteiger charge is 2.21. The quantitative estimate of drug-likeness (QED) is 0.402. The number of hydrogen-bond acceptors (Lipinski definition) is 3. The van der Waals surface area contributed by atoms with Crippen LogP contribution < -0.4 is 10.2 Å². The van der Waals surface area contributed by atoms with Crippen molar-refractivity contribution >= 4 is 28.7 Å². The van der Waals surface area contributed by atoms with Crippen LogP contribution in [-0.4, -0.2) is 24.8 Å². The number of fused-ring (bicyclic) bond motifs is 1. The van der Waals surface area contributed by atoms with Crippen molar-refractivity contribution in [1.29, 1.82) is 0 Å². The normalized spacial score (nSPS) is 16.6. The number of benzene rings is 3. The molecule has 0 saturated carbocycles. The van der Waals surface area contributed by atoms with E-state index in [-0.39, 0.29) is 6.10 Å². The number of halogens is 1. The third-order valence-corrected chi connectivity index (χ3v) is 6.62. The number of hydrogen-bond donors (Lipinski definition) is 2. The Morgan fingerprint density at radius 1 is 1.03 bits per heavy atom. The molecule has 4 heteroatoms. The van der Waals surface area contributed by atoms with Gasteiger partial charge in [0.2, 0.25) is 0 Å². The van der Waals surface area contributed by atoms with Gasteiger partial charge in [0.15, 0.2) is 0 Å². The molecule has 0 radical (unpaired) electrons. The highest BCUT2D eigenvalue weighted by atomic mass is 35.5. The maximum atomic E-state index is 9.52. The molecule has 2 N–H and O–H groups in total. The summed E-state index contributed by atoms with van der Waals surface area (Å²) in [6, 6.07) is 23.4. The number of nitrogens with zero attached hydrogens (tertiary/aromatic N) is 1. The Morgan fingerprint density at radius 3 is 2.42 bits per heavy atom. The molecule has 0 aliphatic carbocycles. The van der Waals surface area contributed by atoms with E-state index in [0.29, 0.717) is 12.3 Å². The Labute approximate surface area is 202 Å². The Kier molecular flexibility index (Phi) is 7.42. The highest BCUT2D eigenvalue weighted by Crippen LogP contribution is 2.39. The highest BCUT2D eigenvalue weighted by molar-refractivity contribution is 6.30. The number of aliphatic hydroxyl groups is 1. The van der Waals surface area contributed by atoms with Crippen LogP contribution in [0, 0.1) is 0 Å². The SMILES string of the molecule is CC(O)Cc1ccc(CCNc2ccc(C3=CCC(C)c4cc(Cl)ccc4N3C)cc2)cc1. The van der Waals surface area contributed by atoms with Crippen molar-refractivity contribution in [2.75, 3.05) is 23.8 Å². The molecule has 0 spiro atoms. The van der Waals surface area contributed by atoms with Crippen molar-refractivity contribution in [3.63, 3.8) is 0 Å². The molecule has 1 aliphatic rings. The second kappa shape index (κ2) is 10.5. The summed E-state index contributed by atoms with van der Waals surface area (Å²) in [4.78, 5) is 2.28. The van der Waals surface area contributed by atoms with Crippen molar-refractivity contribution in [1.82, 2.24) is 0 Å². The minimum Gasteiger partial charge on any atom is -0.393 e. The number of allylic oxidation sites excluding steroid dienone is 1. The van der Waals surface area contributed by atoms with E-state index in [9.17, 15) is 5.11 Å². The van der Waals surface area contributed by atoms with E-state index < -0.39 is 0 Å². The van der Waals surface area contributed by atoms with Gasteiger partial charge in [-0.2, -0.15) is 0 Å². The van der Waals surface area contributed by atoms with E-state index in [1.54, 1.807) is 0 Å². The van der Waals surface area contributed by atoms with Crippen molar-refractivity contribution in [2.45, 2.75) is 45.1 Å². The minimum absolute atomic E-state index is 0.300. The van der Waals surface area contributed by atoms with Crippen molar-refractivity contribution < 1.29 is 5.11 Å². The largest absolute Gasteiger partial charge is 0.393 e. The lowest BCUT2D eigenvalue weighted by Gasteiger charge is -2.25. The summed E-state index contributed by atoms with van der Waals surface area (Å²) in [7, 11) is 2.13. The van der Waals surface area contributed by atoms with Gasteiger partial charge in [0.05, 0.1) is 6.10 Å². The van der Waals surface area contributed by atoms with E-state index in [2.05, 4.69) is 90.9 Å². The summed E-state index contributed by atoms with van der Waals surface area (Å²) in [6.07, 6.45) is 4.69. The molecule has 0 aromatic heterocycles. The van der Waals surface area contributed by atoms with Gasteiger partial charge >= 0.3 is 0 Å². The molecule has 0 fully saturated rings. The predicted molar refractivity (Wildman–Crippen MR) is 141 cm³/mol. The van der Waals surface area contributed by atoms with E-state index in [0.717, 1.165) is 30.1 Å². The molecule has 0 amide bonds. The fraction of sp³-hybridized carbons (Fsp3) is 0.310. The molecule has 33 heavy (non-hydrogen) atoms. The molecule has 2 unspecified atom stereocenters. The van der Waals surface area contributed by atoms with Gasteiger partial charge in [0.1, 0.15) is 0 Å². The van der Waals surface area contributed by atoms with Gasteiger partial charge in [0.25, 0.3) is 0 Å². The van der Waals surface area contributed by atoms with Crippen molar-refractivity contribution in [3.05, 3.63) is 100 Å². The summed E-state index contributed by atoms with van der Waals surface area (Å²) < 4.78 is 0. The zero-order chi connectivity index (χ0) is 23.4. The molecule has 3 aromatic carbocycles. The average Bonchev–Trinajstić information content (AvgIpc) is 2.91. The smallest absolute Gasteiger partial charge is 0.0552 e. The van der Waals surface area contributed by atoms with Crippen LogP contribution in [-0.2, 0) is 12.8 Å². The first-order chi connectivity index (χ1) is 15.9. The summed E-state index contributed by atoms with van der Waals surface area (Å²) in [6.45, 7) is 4.96. The lowest BCUT2D eigenvalue weighted by molar-refractivity contribution is 0.195. The van der Waals surface area contributed by atoms with Crippen LogP contribution in [0.15, 0.2) is 72.8 Å². The number of anilines is 2. The Morgan fingerprint density at radius 2 is 1.73 bits per heavy atom. The minimum atomic E-state index is -0.300. The topological polar surface area (TPSA) is 35.5 Å². The third-order valence-electron chi connectivity index (χ3n) is 6.39. The summed E-state index contributed by atoms with van der Waals surface area (Å²) in [5.41, 5.74) is 8.56. The lowest BCUT2D eigenvalue weighted by atomic mass is 9.97. The molecule has 2 atom stereocenters. The molecule has 0 bridgehead atoms. The first kappa shape index (κ1) is 23.4. The fourth-order valence-electron chi connectivity index (χ4n) is 4.51. The Bertz CT molecular complexity index is 1100. The second-order valence-corrected chi connectivity index (χ2v) is 9.55. The van der Waals surface area contributed by atoms with E-state index in [1.807, 2.05) is 13.0 Å². The maximum absolute atomic E-state index is 9.52. The van der Waals surface area contributed by atoms with E-state index >= 15 is 0 Å². The molecule has 3 nitrogen and oxygen atoms in total. The van der Waals surface area contributed by atoms with Crippen LogP contribution in [0.4, 0.5) is 11.4 Å². The van der Waals surface area contributed by atoms with Gasteiger partial charge in [-0.3, -0.25) is 0 Å². The number of rotatable bonds is 7. The molecular weight excluding hydrogens is 428 g/mol. The third kappa shape index (κ3) is 5.79. The molecule has 4 rings (SSSR count). The van der Waals surface area contributed by atoms with Crippen LogP contribution in [0.2, 0.25) is 5.02 Å². The van der Waals surface area contributed by atoms with Crippen LogP contribution in [0.25, 0.3) is 5.70 Å². The molecular formula is C29H33ClN2O. The predicted octanol–water partition coefficient (Wildman–Crippen LogP) is 6.90. The van der Waals surface area contributed by atoms with Crippen molar-refractivity contribution in [2.24, 2.45) is 0 Å². The van der Waals surface area contributed by atoms with Crippen LogP contribution >= 0.6 is 11.6 Å². The van der Waals surface area contributed by atoms with Gasteiger partial charge in [-0.1, -0.05) is 61.0 Å². The van der Waals surface area contributed by atoms with Crippen LogP contribution in [0.3, 0.4) is 0 Å². The van der Waals surface area contributed by atoms with Crippen LogP contribution in [0.5, 0.6) is 0 Å². The van der Waals surface area contributed by atoms with Gasteiger partial charge in [0, 0.05) is 35.7 Å². The number of aliphatic hydroxyl groups excluding tert-OH is 1. The molecule has 0 saturated heterocycles. The summed E-state index contributed by atoms with van der Waals surface area (Å²) in [5, 5.41) is 13.8. The van der Waals surface area contributed by atoms with E-state index in [4.69, 9.17) is 11.6 Å². The summed E-state index contributed by atoms with van der Waals surface area (Å²) >= 11 is 6.27. The van der Waals surface area contributed by atoms with Crippen molar-refractivity contribution in [3.8, 4) is 0 Å². The molecule has 1 heterocycles. The number of nitrogens with one attached hydrogen (secondary N) is 1. The average molecular weight is 461 g/mol. The fourth-order valence-corrected chi connectivity index (χ4v) is 4.69. The standard InChI is InChI=1S/C29H33ClN2O/c1-20-4-14-28(32(3)29-15-11-25(30)19-27(20)29)24-9-12-26(13-10-24)31-17-16-22-5-7-23(8-6-22)18-21(2)33/h5-15,19-21,31,33H,4,16-18H2,1-3H3. The summed E-state index contributed by atoms with van der Waals surface area (Å²) in [5.74, 6) is 0.431. The lowest BCUT2D eigenvalue weighted by Crippen LogP contribution is -2.16. The Balaban J connectivity index is 1.38.